The van der Waals surface area contributed by atoms with E-state index in [-0.39, 0.29) is 5.75 Å². The second kappa shape index (κ2) is 8.03. The Kier molecular flexibility index (Phi) is 6.05. The van der Waals surface area contributed by atoms with Gasteiger partial charge in [-0.1, -0.05) is 18.2 Å². The van der Waals surface area contributed by atoms with Gasteiger partial charge in [-0.05, 0) is 25.1 Å². The minimum absolute atomic E-state index is 0.242. The van der Waals surface area contributed by atoms with Gasteiger partial charge >= 0.3 is 0 Å². The summed E-state index contributed by atoms with van der Waals surface area (Å²) in [6, 6.07) is 13.7. The molecule has 1 aromatic carbocycles. The number of anilines is 1. The molecule has 0 bridgehead atoms. The van der Waals surface area contributed by atoms with Crippen LogP contribution >= 0.6 is 0 Å². The van der Waals surface area contributed by atoms with E-state index in [0.717, 1.165) is 17.0 Å². The fourth-order valence-electron chi connectivity index (χ4n) is 2.29. The molecule has 0 saturated heterocycles. The predicted octanol–water partition coefficient (Wildman–Crippen LogP) is 2.11. The Balaban J connectivity index is 2.08. The van der Waals surface area contributed by atoms with Crippen molar-refractivity contribution >= 4 is 21.5 Å². The maximum absolute atomic E-state index is 10.8. The summed E-state index contributed by atoms with van der Waals surface area (Å²) in [7, 11) is -2.02. The van der Waals surface area contributed by atoms with Gasteiger partial charge in [0.1, 0.15) is 6.54 Å². The van der Waals surface area contributed by atoms with Crippen LogP contribution in [0.3, 0.4) is 0 Å². The summed E-state index contributed by atoms with van der Waals surface area (Å²) in [6.45, 7) is 2.44. The summed E-state index contributed by atoms with van der Waals surface area (Å²) in [5.41, 5.74) is 2.80. The third-order valence-corrected chi connectivity index (χ3v) is 4.33. The van der Waals surface area contributed by atoms with Crippen molar-refractivity contribution < 1.29 is 17.5 Å². The van der Waals surface area contributed by atoms with Crippen LogP contribution in [0.1, 0.15) is 18.9 Å². The lowest BCUT2D eigenvalue weighted by Gasteiger charge is -2.14. The average Bonchev–Trinajstić information content (AvgIpc) is 2.54. The van der Waals surface area contributed by atoms with Gasteiger partial charge < -0.3 is 0 Å². The predicted molar refractivity (Wildman–Crippen MR) is 94.7 cm³/mol. The van der Waals surface area contributed by atoms with Gasteiger partial charge in [-0.25, -0.2) is 4.57 Å². The van der Waals surface area contributed by atoms with Crippen LogP contribution in [-0.4, -0.2) is 31.5 Å². The van der Waals surface area contributed by atoms with E-state index >= 15 is 0 Å². The van der Waals surface area contributed by atoms with Crippen molar-refractivity contribution in [2.24, 2.45) is 5.10 Å². The van der Waals surface area contributed by atoms with Crippen LogP contribution in [0, 0.1) is 0 Å². The van der Waals surface area contributed by atoms with Crippen LogP contribution in [-0.2, 0) is 16.7 Å². The second-order valence-electron chi connectivity index (χ2n) is 5.51. The minimum atomic E-state index is -3.91. The Bertz CT molecular complexity index is 805. The number of hydrogen-bond acceptors (Lipinski definition) is 4. The van der Waals surface area contributed by atoms with E-state index < -0.39 is 10.1 Å². The quantitative estimate of drug-likeness (QED) is 0.360. The third kappa shape index (κ3) is 5.75. The molecule has 2 aromatic rings. The monoisotopic (exact) mass is 348 g/mol. The van der Waals surface area contributed by atoms with Gasteiger partial charge in [0.15, 0.2) is 12.4 Å². The second-order valence-corrected chi connectivity index (χ2v) is 7.09. The van der Waals surface area contributed by atoms with Crippen molar-refractivity contribution in [2.45, 2.75) is 19.9 Å². The maximum atomic E-state index is 10.8. The topological polar surface area (TPSA) is 73.8 Å². The number of pyridine rings is 1. The molecule has 7 heteroatoms. The Morgan fingerprint density at radius 2 is 1.92 bits per heavy atom. The highest BCUT2D eigenvalue weighted by molar-refractivity contribution is 7.85. The molecule has 0 aliphatic heterocycles. The highest BCUT2D eigenvalue weighted by Gasteiger charge is 2.10. The molecule has 0 saturated carbocycles. The summed E-state index contributed by atoms with van der Waals surface area (Å²) in [5, 5.41) is 6.39. The lowest BCUT2D eigenvalue weighted by Crippen LogP contribution is -2.34. The molecule has 1 heterocycles. The molecule has 2 rings (SSSR count). The number of benzene rings is 1. The Labute approximate surface area is 142 Å². The van der Waals surface area contributed by atoms with Crippen molar-refractivity contribution in [3.05, 3.63) is 60.4 Å². The summed E-state index contributed by atoms with van der Waals surface area (Å²) in [5.74, 6) is -0.242. The molecule has 128 valence electrons. The summed E-state index contributed by atoms with van der Waals surface area (Å²) in [4.78, 5) is 0. The van der Waals surface area contributed by atoms with Crippen molar-refractivity contribution in [3.63, 3.8) is 0 Å². The molecular weight excluding hydrogens is 326 g/mol. The molecule has 0 aliphatic rings. The number of aromatic nitrogens is 1. The van der Waals surface area contributed by atoms with Crippen molar-refractivity contribution in [3.8, 4) is 0 Å². The van der Waals surface area contributed by atoms with Crippen molar-refractivity contribution in [2.75, 3.05) is 17.8 Å². The Morgan fingerprint density at radius 3 is 2.58 bits per heavy atom. The summed E-state index contributed by atoms with van der Waals surface area (Å²) >= 11 is 0. The third-order valence-electron chi connectivity index (χ3n) is 3.52. The SMILES string of the molecule is C/C(=N/N(C)c1ccccc1)c1ccc[n+](CCCS(=O)(=O)O)c1. The van der Waals surface area contributed by atoms with Crippen LogP contribution in [0.25, 0.3) is 0 Å². The molecule has 6 nitrogen and oxygen atoms in total. The van der Waals surface area contributed by atoms with Crippen LogP contribution in [0.5, 0.6) is 0 Å². The summed E-state index contributed by atoms with van der Waals surface area (Å²) < 4.78 is 32.2. The van der Waals surface area contributed by atoms with Gasteiger partial charge in [0, 0.05) is 19.5 Å². The van der Waals surface area contributed by atoms with E-state index in [1.54, 1.807) is 0 Å². The Hall–Kier alpha value is -2.25. The first-order valence-electron chi connectivity index (χ1n) is 7.64. The highest BCUT2D eigenvalue weighted by atomic mass is 32.2. The number of aryl methyl sites for hydroxylation is 1. The lowest BCUT2D eigenvalue weighted by molar-refractivity contribution is -0.696. The Morgan fingerprint density at radius 1 is 1.21 bits per heavy atom. The first-order chi connectivity index (χ1) is 11.3. The smallest absolute Gasteiger partial charge is 0.265 e. The molecule has 0 radical (unpaired) electrons. The number of para-hydroxylation sites is 1. The first kappa shape index (κ1) is 18.1. The molecule has 24 heavy (non-hydrogen) atoms. The van der Waals surface area contributed by atoms with Gasteiger partial charge in [-0.15, -0.1) is 0 Å². The van der Waals surface area contributed by atoms with Gasteiger partial charge in [0.25, 0.3) is 10.1 Å². The van der Waals surface area contributed by atoms with Gasteiger partial charge in [-0.3, -0.25) is 9.56 Å². The average molecular weight is 348 g/mol. The largest absolute Gasteiger partial charge is 0.286 e. The fraction of sp³-hybridized carbons (Fsp3) is 0.294. The highest BCUT2D eigenvalue weighted by Crippen LogP contribution is 2.12. The zero-order valence-electron chi connectivity index (χ0n) is 13.8. The zero-order valence-corrected chi connectivity index (χ0v) is 14.6. The molecule has 0 aliphatic carbocycles. The molecule has 1 aromatic heterocycles. The lowest BCUT2D eigenvalue weighted by atomic mass is 10.2. The molecule has 1 N–H and O–H groups in total. The number of hydrazone groups is 1. The van der Waals surface area contributed by atoms with E-state index in [2.05, 4.69) is 5.10 Å². The van der Waals surface area contributed by atoms with Crippen LogP contribution in [0.4, 0.5) is 5.69 Å². The fourth-order valence-corrected chi connectivity index (χ4v) is 2.78. The van der Waals surface area contributed by atoms with E-state index in [4.69, 9.17) is 4.55 Å². The maximum Gasteiger partial charge on any atom is 0.265 e. The standard InChI is InChI=1S/C17H21N3O3S/c1-15(18-19(2)17-9-4-3-5-10-17)16-8-6-11-20(14-16)12-7-13-24(21,22)23/h3-6,8-11,14H,7,12-13H2,1-2H3/p+1/b18-15-. The van der Waals surface area contributed by atoms with Crippen molar-refractivity contribution in [1.82, 2.24) is 0 Å². The molecule has 0 amide bonds. The molecular formula is C17H22N3O3S+. The summed E-state index contributed by atoms with van der Waals surface area (Å²) in [6.07, 6.45) is 4.14. The van der Waals surface area contributed by atoms with Gasteiger partial charge in [0.05, 0.1) is 22.7 Å². The molecule has 0 unspecified atom stereocenters. The van der Waals surface area contributed by atoms with Crippen LogP contribution in [0.15, 0.2) is 60.0 Å². The van der Waals surface area contributed by atoms with E-state index in [9.17, 15) is 8.42 Å². The molecule has 0 spiro atoms. The van der Waals surface area contributed by atoms with Crippen LogP contribution < -0.4 is 9.58 Å². The number of nitrogens with zero attached hydrogens (tertiary/aromatic N) is 3. The first-order valence-corrected chi connectivity index (χ1v) is 9.25. The van der Waals surface area contributed by atoms with Gasteiger partial charge in [-0.2, -0.15) is 13.5 Å². The molecule has 0 fully saturated rings. The van der Waals surface area contributed by atoms with Gasteiger partial charge in [0.2, 0.25) is 0 Å². The van der Waals surface area contributed by atoms with E-state index in [0.29, 0.717) is 13.0 Å². The number of rotatable bonds is 7. The molecule has 0 atom stereocenters. The van der Waals surface area contributed by atoms with E-state index in [1.807, 2.05) is 78.4 Å². The zero-order chi connectivity index (χ0) is 17.6. The normalized spacial score (nSPS) is 12.2. The number of hydrogen-bond donors (Lipinski definition) is 1. The van der Waals surface area contributed by atoms with Crippen LogP contribution in [0.2, 0.25) is 0 Å². The van der Waals surface area contributed by atoms with Crippen molar-refractivity contribution in [1.29, 1.82) is 0 Å². The minimum Gasteiger partial charge on any atom is -0.286 e. The van der Waals surface area contributed by atoms with E-state index in [1.165, 1.54) is 0 Å².